The number of rotatable bonds is 7. The Morgan fingerprint density at radius 3 is 2.94 bits per heavy atom. The topological polar surface area (TPSA) is 88.3 Å². The van der Waals surface area contributed by atoms with Crippen molar-refractivity contribution in [2.75, 3.05) is 18.5 Å². The molecule has 0 aliphatic carbocycles. The van der Waals surface area contributed by atoms with E-state index in [4.69, 9.17) is 5.11 Å². The number of unbranched alkanes of at least 4 members (excludes halogenated alkanes) is 2. The van der Waals surface area contributed by atoms with Crippen molar-refractivity contribution in [3.05, 3.63) is 28.4 Å². The highest BCUT2D eigenvalue weighted by molar-refractivity contribution is 5.54. The summed E-state index contributed by atoms with van der Waals surface area (Å²) in [5, 5.41) is 22.1. The van der Waals surface area contributed by atoms with Gasteiger partial charge in [0.15, 0.2) is 0 Å². The largest absolute Gasteiger partial charge is 0.396 e. The number of anilines is 1. The van der Waals surface area contributed by atoms with Gasteiger partial charge in [0.25, 0.3) is 0 Å². The van der Waals surface area contributed by atoms with Crippen molar-refractivity contribution in [3.8, 4) is 0 Å². The molecule has 0 aromatic carbocycles. The summed E-state index contributed by atoms with van der Waals surface area (Å²) in [5.41, 5.74) is -0.00958. The first-order valence-electron chi connectivity index (χ1n) is 5.20. The maximum Gasteiger partial charge on any atom is 0.311 e. The molecule has 0 atom stereocenters. The van der Waals surface area contributed by atoms with E-state index < -0.39 is 4.92 Å². The summed E-state index contributed by atoms with van der Waals surface area (Å²) in [6, 6.07) is 2.96. The zero-order valence-corrected chi connectivity index (χ0v) is 8.93. The lowest BCUT2D eigenvalue weighted by molar-refractivity contribution is -0.384. The normalized spacial score (nSPS) is 10.1. The summed E-state index contributed by atoms with van der Waals surface area (Å²) in [5.74, 6) is 0.302. The Morgan fingerprint density at radius 2 is 2.25 bits per heavy atom. The van der Waals surface area contributed by atoms with Crippen LogP contribution in [0.2, 0.25) is 0 Å². The highest BCUT2D eigenvalue weighted by Gasteiger charge is 2.12. The van der Waals surface area contributed by atoms with Crippen molar-refractivity contribution in [1.29, 1.82) is 0 Å². The van der Waals surface area contributed by atoms with Crippen LogP contribution in [-0.2, 0) is 0 Å². The van der Waals surface area contributed by atoms with E-state index in [2.05, 4.69) is 10.3 Å². The summed E-state index contributed by atoms with van der Waals surface area (Å²) >= 11 is 0. The first-order valence-corrected chi connectivity index (χ1v) is 5.20. The molecule has 16 heavy (non-hydrogen) atoms. The van der Waals surface area contributed by atoms with Gasteiger partial charge >= 0.3 is 5.69 Å². The number of nitrogens with one attached hydrogen (secondary N) is 1. The number of aromatic nitrogens is 1. The Morgan fingerprint density at radius 1 is 1.44 bits per heavy atom. The smallest absolute Gasteiger partial charge is 0.311 e. The first kappa shape index (κ1) is 12.4. The third-order valence-corrected chi connectivity index (χ3v) is 2.11. The molecule has 2 N–H and O–H groups in total. The van der Waals surface area contributed by atoms with Crippen LogP contribution < -0.4 is 5.32 Å². The lowest BCUT2D eigenvalue weighted by Crippen LogP contribution is -2.06. The second kappa shape index (κ2) is 6.73. The quantitative estimate of drug-likeness (QED) is 0.417. The highest BCUT2D eigenvalue weighted by atomic mass is 16.6. The Balaban J connectivity index is 2.44. The minimum absolute atomic E-state index is 0.00958. The number of nitrogens with zero attached hydrogens (tertiary/aromatic N) is 2. The fraction of sp³-hybridized carbons (Fsp3) is 0.500. The van der Waals surface area contributed by atoms with Crippen LogP contribution in [0.5, 0.6) is 0 Å². The van der Waals surface area contributed by atoms with Gasteiger partial charge in [0.1, 0.15) is 0 Å². The van der Waals surface area contributed by atoms with Gasteiger partial charge in [-0.3, -0.25) is 10.1 Å². The van der Waals surface area contributed by atoms with Gasteiger partial charge in [0.05, 0.1) is 4.92 Å². The molecule has 0 bridgehead atoms. The van der Waals surface area contributed by atoms with Crippen LogP contribution in [0, 0.1) is 10.1 Å². The van der Waals surface area contributed by atoms with Crippen LogP contribution in [0.4, 0.5) is 11.5 Å². The standard InChI is InChI=1S/C10H15N3O3/c14-8-3-1-2-6-11-10-9(13(15)16)5-4-7-12-10/h4-5,7,14H,1-3,6,8H2,(H,11,12). The zero-order chi connectivity index (χ0) is 11.8. The molecule has 6 heteroatoms. The van der Waals surface area contributed by atoms with E-state index in [1.807, 2.05) is 0 Å². The molecule has 1 heterocycles. The van der Waals surface area contributed by atoms with Gasteiger partial charge in [-0.2, -0.15) is 0 Å². The summed E-state index contributed by atoms with van der Waals surface area (Å²) in [7, 11) is 0. The van der Waals surface area contributed by atoms with Crippen LogP contribution in [0.3, 0.4) is 0 Å². The fourth-order valence-corrected chi connectivity index (χ4v) is 1.30. The third kappa shape index (κ3) is 3.82. The Labute approximate surface area is 93.5 Å². The molecule has 6 nitrogen and oxygen atoms in total. The predicted octanol–water partition coefficient (Wildman–Crippen LogP) is 1.56. The number of aliphatic hydroxyl groups excluding tert-OH is 1. The molecule has 0 saturated heterocycles. The van der Waals surface area contributed by atoms with Crippen LogP contribution in [0.25, 0.3) is 0 Å². The van der Waals surface area contributed by atoms with E-state index in [0.29, 0.717) is 12.4 Å². The molecular weight excluding hydrogens is 210 g/mol. The van der Waals surface area contributed by atoms with Crippen LogP contribution in [-0.4, -0.2) is 28.2 Å². The van der Waals surface area contributed by atoms with Gasteiger partial charge in [-0.15, -0.1) is 0 Å². The second-order valence-corrected chi connectivity index (χ2v) is 3.34. The average Bonchev–Trinajstić information content (AvgIpc) is 2.29. The minimum atomic E-state index is -0.455. The maximum atomic E-state index is 10.6. The van der Waals surface area contributed by atoms with Crippen molar-refractivity contribution in [2.24, 2.45) is 0 Å². The van der Waals surface area contributed by atoms with Gasteiger partial charge in [0.2, 0.25) is 5.82 Å². The molecule has 0 amide bonds. The van der Waals surface area contributed by atoms with Crippen molar-refractivity contribution in [2.45, 2.75) is 19.3 Å². The van der Waals surface area contributed by atoms with Crippen LogP contribution >= 0.6 is 0 Å². The van der Waals surface area contributed by atoms with Gasteiger partial charge < -0.3 is 10.4 Å². The Kier molecular flexibility index (Phi) is 5.21. The molecule has 88 valence electrons. The molecule has 0 aliphatic rings. The Bertz CT molecular complexity index is 344. The van der Waals surface area contributed by atoms with E-state index in [0.717, 1.165) is 19.3 Å². The van der Waals surface area contributed by atoms with E-state index >= 15 is 0 Å². The summed E-state index contributed by atoms with van der Waals surface area (Å²) < 4.78 is 0. The molecule has 1 rings (SSSR count). The maximum absolute atomic E-state index is 10.6. The fourth-order valence-electron chi connectivity index (χ4n) is 1.30. The SMILES string of the molecule is O=[N+]([O-])c1cccnc1NCCCCCO. The van der Waals surface area contributed by atoms with E-state index in [1.54, 1.807) is 0 Å². The summed E-state index contributed by atoms with van der Waals surface area (Å²) in [4.78, 5) is 14.1. The van der Waals surface area contributed by atoms with Gasteiger partial charge in [-0.05, 0) is 25.3 Å². The summed E-state index contributed by atoms with van der Waals surface area (Å²) in [6.45, 7) is 0.807. The van der Waals surface area contributed by atoms with Crippen LogP contribution in [0.15, 0.2) is 18.3 Å². The number of nitro groups is 1. The number of aliphatic hydroxyl groups is 1. The average molecular weight is 225 g/mol. The second-order valence-electron chi connectivity index (χ2n) is 3.34. The Hall–Kier alpha value is -1.69. The monoisotopic (exact) mass is 225 g/mol. The number of hydrogen-bond acceptors (Lipinski definition) is 5. The molecule has 0 aliphatic heterocycles. The molecule has 0 radical (unpaired) electrons. The first-order chi connectivity index (χ1) is 7.75. The molecular formula is C10H15N3O3. The van der Waals surface area contributed by atoms with Gasteiger partial charge in [0, 0.05) is 25.4 Å². The van der Waals surface area contributed by atoms with Crippen molar-refractivity contribution in [1.82, 2.24) is 4.98 Å². The molecule has 1 aromatic heterocycles. The molecule has 0 unspecified atom stereocenters. The van der Waals surface area contributed by atoms with Crippen molar-refractivity contribution in [3.63, 3.8) is 0 Å². The van der Waals surface area contributed by atoms with E-state index in [1.165, 1.54) is 18.3 Å². The lowest BCUT2D eigenvalue weighted by atomic mass is 10.2. The minimum Gasteiger partial charge on any atom is -0.396 e. The highest BCUT2D eigenvalue weighted by Crippen LogP contribution is 2.19. The predicted molar refractivity (Wildman–Crippen MR) is 60.3 cm³/mol. The molecule has 0 saturated carbocycles. The molecule has 0 spiro atoms. The van der Waals surface area contributed by atoms with E-state index in [-0.39, 0.29) is 12.3 Å². The third-order valence-electron chi connectivity index (χ3n) is 2.11. The van der Waals surface area contributed by atoms with Gasteiger partial charge in [-0.25, -0.2) is 4.98 Å². The lowest BCUT2D eigenvalue weighted by Gasteiger charge is -2.04. The van der Waals surface area contributed by atoms with Crippen molar-refractivity contribution < 1.29 is 10.0 Å². The number of hydrogen-bond donors (Lipinski definition) is 2. The van der Waals surface area contributed by atoms with Crippen molar-refractivity contribution >= 4 is 11.5 Å². The van der Waals surface area contributed by atoms with Crippen LogP contribution in [0.1, 0.15) is 19.3 Å². The summed E-state index contributed by atoms with van der Waals surface area (Å²) in [6.07, 6.45) is 4.02. The number of pyridine rings is 1. The van der Waals surface area contributed by atoms with Gasteiger partial charge in [-0.1, -0.05) is 0 Å². The van der Waals surface area contributed by atoms with E-state index in [9.17, 15) is 10.1 Å². The zero-order valence-electron chi connectivity index (χ0n) is 8.93. The molecule has 0 fully saturated rings. The molecule has 1 aromatic rings.